The Hall–Kier alpha value is -3.30. The second-order valence-corrected chi connectivity index (χ2v) is 10.3. The van der Waals surface area contributed by atoms with Crippen molar-refractivity contribution in [3.8, 4) is 0 Å². The smallest absolute Gasteiger partial charge is 0.229 e. The summed E-state index contributed by atoms with van der Waals surface area (Å²) in [5.74, 6) is 0.513. The third kappa shape index (κ3) is 4.17. The van der Waals surface area contributed by atoms with Gasteiger partial charge >= 0.3 is 0 Å². The van der Waals surface area contributed by atoms with Gasteiger partial charge in [-0.2, -0.15) is 4.98 Å². The maximum Gasteiger partial charge on any atom is 0.229 e. The van der Waals surface area contributed by atoms with Crippen LogP contribution in [-0.4, -0.2) is 61.9 Å². The van der Waals surface area contributed by atoms with Crippen molar-refractivity contribution in [3.05, 3.63) is 60.8 Å². The SMILES string of the molecule is CN1CCN(c2ccc(Nc3ncc4nc(S(=O)c5ccccc5)n(C5CC5)c4n3)cc2)CC1. The van der Waals surface area contributed by atoms with Crippen molar-refractivity contribution >= 4 is 39.3 Å². The zero-order chi connectivity index (χ0) is 23.1. The summed E-state index contributed by atoms with van der Waals surface area (Å²) in [4.78, 5) is 19.4. The van der Waals surface area contributed by atoms with Crippen molar-refractivity contribution < 1.29 is 4.21 Å². The van der Waals surface area contributed by atoms with Crippen LogP contribution in [-0.2, 0) is 10.8 Å². The van der Waals surface area contributed by atoms with Crippen LogP contribution in [0.25, 0.3) is 11.2 Å². The summed E-state index contributed by atoms with van der Waals surface area (Å²) >= 11 is 0. The summed E-state index contributed by atoms with van der Waals surface area (Å²) in [5, 5.41) is 3.87. The third-order valence-corrected chi connectivity index (χ3v) is 7.75. The van der Waals surface area contributed by atoms with Gasteiger partial charge in [0.15, 0.2) is 5.65 Å². The van der Waals surface area contributed by atoms with Gasteiger partial charge in [0.2, 0.25) is 11.1 Å². The molecule has 1 unspecified atom stereocenters. The van der Waals surface area contributed by atoms with Crippen LogP contribution < -0.4 is 10.2 Å². The fraction of sp³-hybridized carbons (Fsp3) is 0.320. The van der Waals surface area contributed by atoms with Crippen LogP contribution in [0, 0.1) is 0 Å². The Morgan fingerprint density at radius 1 is 0.941 bits per heavy atom. The Bertz CT molecular complexity index is 1330. The average molecular weight is 474 g/mol. The first kappa shape index (κ1) is 21.2. The molecular weight excluding hydrogens is 446 g/mol. The standard InChI is InChI=1S/C25H27N7OS/c1-30-13-15-31(16-14-30)19-9-7-18(8-10-19)27-24-26-17-22-23(29-24)32(20-11-12-20)25(28-22)34(33)21-5-3-2-4-6-21/h2-10,17,20H,11-16H2,1H3,(H,26,27,29). The van der Waals surface area contributed by atoms with Gasteiger partial charge in [0.1, 0.15) is 16.3 Å². The van der Waals surface area contributed by atoms with Gasteiger partial charge in [-0.15, -0.1) is 0 Å². The molecular formula is C25H27N7OS. The van der Waals surface area contributed by atoms with Gasteiger partial charge in [-0.05, 0) is 56.3 Å². The molecule has 34 heavy (non-hydrogen) atoms. The topological polar surface area (TPSA) is 79.2 Å². The number of piperazine rings is 1. The van der Waals surface area contributed by atoms with Gasteiger partial charge in [-0.3, -0.25) is 4.57 Å². The minimum atomic E-state index is -1.37. The van der Waals surface area contributed by atoms with Crippen LogP contribution in [0.3, 0.4) is 0 Å². The molecule has 0 spiro atoms. The minimum absolute atomic E-state index is 0.290. The summed E-state index contributed by atoms with van der Waals surface area (Å²) in [6, 6.07) is 18.2. The van der Waals surface area contributed by atoms with E-state index < -0.39 is 10.8 Å². The minimum Gasteiger partial charge on any atom is -0.369 e. The molecule has 1 aliphatic heterocycles. The summed E-state index contributed by atoms with van der Waals surface area (Å²) in [6.45, 7) is 4.25. The first-order valence-electron chi connectivity index (χ1n) is 11.7. The molecule has 4 aromatic rings. The molecule has 1 atom stereocenters. The first-order chi connectivity index (χ1) is 16.7. The largest absolute Gasteiger partial charge is 0.369 e. The molecule has 6 rings (SSSR count). The molecule has 3 heterocycles. The maximum absolute atomic E-state index is 13.3. The maximum atomic E-state index is 13.3. The third-order valence-electron chi connectivity index (χ3n) is 6.43. The second-order valence-electron chi connectivity index (χ2n) is 8.94. The summed E-state index contributed by atoms with van der Waals surface area (Å²) in [6.07, 6.45) is 3.81. The normalized spacial score (nSPS) is 17.7. The van der Waals surface area contributed by atoms with E-state index in [1.165, 1.54) is 5.69 Å². The predicted octanol–water partition coefficient (Wildman–Crippen LogP) is 3.82. The van der Waals surface area contributed by atoms with Gasteiger partial charge in [0.25, 0.3) is 0 Å². The monoisotopic (exact) mass is 473 g/mol. The van der Waals surface area contributed by atoms with Crippen molar-refractivity contribution in [1.29, 1.82) is 0 Å². The van der Waals surface area contributed by atoms with Crippen molar-refractivity contribution in [1.82, 2.24) is 24.4 Å². The molecule has 1 aliphatic carbocycles. The average Bonchev–Trinajstić information content (AvgIpc) is 3.65. The van der Waals surface area contributed by atoms with Crippen LogP contribution in [0.2, 0.25) is 0 Å². The van der Waals surface area contributed by atoms with Crippen molar-refractivity contribution in [2.45, 2.75) is 28.9 Å². The molecule has 2 aliphatic rings. The van der Waals surface area contributed by atoms with Crippen molar-refractivity contribution in [2.24, 2.45) is 0 Å². The van der Waals surface area contributed by atoms with E-state index in [2.05, 4.69) is 56.4 Å². The van der Waals surface area contributed by atoms with E-state index in [4.69, 9.17) is 4.98 Å². The molecule has 1 saturated carbocycles. The second kappa shape index (κ2) is 8.81. The van der Waals surface area contributed by atoms with Crippen LogP contribution in [0.1, 0.15) is 18.9 Å². The number of rotatable bonds is 6. The van der Waals surface area contributed by atoms with E-state index in [0.29, 0.717) is 22.7 Å². The summed E-state index contributed by atoms with van der Waals surface area (Å²) < 4.78 is 15.3. The van der Waals surface area contributed by atoms with E-state index >= 15 is 0 Å². The van der Waals surface area contributed by atoms with E-state index in [1.807, 2.05) is 34.9 Å². The Morgan fingerprint density at radius 2 is 1.68 bits per heavy atom. The van der Waals surface area contributed by atoms with Gasteiger partial charge in [-0.1, -0.05) is 18.2 Å². The Kier molecular flexibility index (Phi) is 5.50. The van der Waals surface area contributed by atoms with Crippen LogP contribution in [0.4, 0.5) is 17.3 Å². The zero-order valence-corrected chi connectivity index (χ0v) is 19.9. The lowest BCUT2D eigenvalue weighted by Gasteiger charge is -2.34. The zero-order valence-electron chi connectivity index (χ0n) is 19.1. The molecule has 2 aromatic carbocycles. The molecule has 174 valence electrons. The number of benzene rings is 2. The Labute approximate surface area is 201 Å². The molecule has 0 amide bonds. The lowest BCUT2D eigenvalue weighted by molar-refractivity contribution is 0.313. The van der Waals surface area contributed by atoms with E-state index in [-0.39, 0.29) is 0 Å². The number of likely N-dealkylation sites (N-methyl/N-ethyl adjacent to an activating group) is 1. The molecule has 8 nitrogen and oxygen atoms in total. The van der Waals surface area contributed by atoms with Gasteiger partial charge in [-0.25, -0.2) is 14.2 Å². The molecule has 9 heteroatoms. The molecule has 2 fully saturated rings. The number of nitrogens with zero attached hydrogens (tertiary/aromatic N) is 6. The number of anilines is 3. The number of nitrogens with one attached hydrogen (secondary N) is 1. The molecule has 2 aromatic heterocycles. The fourth-order valence-corrected chi connectivity index (χ4v) is 5.53. The number of hydrogen-bond acceptors (Lipinski definition) is 7. The molecule has 1 N–H and O–H groups in total. The number of aromatic nitrogens is 4. The summed E-state index contributed by atoms with van der Waals surface area (Å²) in [5.41, 5.74) is 3.56. The van der Waals surface area contributed by atoms with Crippen LogP contribution in [0.15, 0.2) is 70.8 Å². The Balaban J connectivity index is 1.26. The van der Waals surface area contributed by atoms with Gasteiger partial charge in [0, 0.05) is 48.5 Å². The highest BCUT2D eigenvalue weighted by Crippen LogP contribution is 2.39. The number of fused-ring (bicyclic) bond motifs is 1. The molecule has 0 radical (unpaired) electrons. The highest BCUT2D eigenvalue weighted by molar-refractivity contribution is 7.85. The van der Waals surface area contributed by atoms with Gasteiger partial charge in [0.05, 0.1) is 6.20 Å². The van der Waals surface area contributed by atoms with Gasteiger partial charge < -0.3 is 15.1 Å². The highest BCUT2D eigenvalue weighted by Gasteiger charge is 2.31. The number of hydrogen-bond donors (Lipinski definition) is 1. The molecule has 0 bridgehead atoms. The Morgan fingerprint density at radius 3 is 2.38 bits per heavy atom. The van der Waals surface area contributed by atoms with Crippen LogP contribution in [0.5, 0.6) is 0 Å². The van der Waals surface area contributed by atoms with E-state index in [9.17, 15) is 4.21 Å². The highest BCUT2D eigenvalue weighted by atomic mass is 32.2. The lowest BCUT2D eigenvalue weighted by Crippen LogP contribution is -2.44. The van der Waals surface area contributed by atoms with E-state index in [1.54, 1.807) is 6.20 Å². The number of imidazole rings is 1. The lowest BCUT2D eigenvalue weighted by atomic mass is 10.2. The van der Waals surface area contributed by atoms with E-state index in [0.717, 1.165) is 55.3 Å². The predicted molar refractivity (Wildman–Crippen MR) is 134 cm³/mol. The fourth-order valence-electron chi connectivity index (χ4n) is 4.32. The summed E-state index contributed by atoms with van der Waals surface area (Å²) in [7, 11) is 0.798. The quantitative estimate of drug-likeness (QED) is 0.456. The van der Waals surface area contributed by atoms with Crippen molar-refractivity contribution in [2.75, 3.05) is 43.4 Å². The van der Waals surface area contributed by atoms with Crippen LogP contribution >= 0.6 is 0 Å². The van der Waals surface area contributed by atoms with Crippen molar-refractivity contribution in [3.63, 3.8) is 0 Å². The first-order valence-corrected chi connectivity index (χ1v) is 12.8. The molecule has 1 saturated heterocycles.